The van der Waals surface area contributed by atoms with Crippen LogP contribution in [0.4, 0.5) is 5.13 Å². The number of thiazole rings is 1. The molecular weight excluding hydrogens is 458 g/mol. The Bertz CT molecular complexity index is 1840. The maximum absolute atomic E-state index is 4.74. The second-order valence-corrected chi connectivity index (χ2v) is 9.72. The molecule has 0 amide bonds. The van der Waals surface area contributed by atoms with Crippen LogP contribution < -0.4 is 5.43 Å². The van der Waals surface area contributed by atoms with Crippen molar-refractivity contribution in [1.29, 1.82) is 0 Å². The molecule has 0 spiro atoms. The van der Waals surface area contributed by atoms with Crippen molar-refractivity contribution in [3.63, 3.8) is 0 Å². The summed E-state index contributed by atoms with van der Waals surface area (Å²) in [4.78, 5) is 4.74. The average molecular weight is 480 g/mol. The van der Waals surface area contributed by atoms with Gasteiger partial charge >= 0.3 is 0 Å². The van der Waals surface area contributed by atoms with Gasteiger partial charge in [0.25, 0.3) is 0 Å². The van der Waals surface area contributed by atoms with E-state index in [9.17, 15) is 0 Å². The summed E-state index contributed by atoms with van der Waals surface area (Å²) < 4.78 is 0. The lowest BCUT2D eigenvalue weighted by Gasteiger charge is -2.12. The second-order valence-electron chi connectivity index (χ2n) is 8.86. The molecule has 4 heteroatoms. The predicted molar refractivity (Wildman–Crippen MR) is 154 cm³/mol. The number of hydrogen-bond donors (Lipinski definition) is 1. The second kappa shape index (κ2) is 8.59. The highest BCUT2D eigenvalue weighted by Gasteiger charge is 2.10. The third-order valence-electron chi connectivity index (χ3n) is 6.72. The minimum Gasteiger partial charge on any atom is -0.253 e. The lowest BCUT2D eigenvalue weighted by atomic mass is 9.92. The van der Waals surface area contributed by atoms with E-state index in [-0.39, 0.29) is 0 Å². The van der Waals surface area contributed by atoms with E-state index in [1.807, 2.05) is 12.3 Å². The molecule has 170 valence electrons. The maximum atomic E-state index is 4.74. The first-order valence-corrected chi connectivity index (χ1v) is 12.8. The van der Waals surface area contributed by atoms with Crippen LogP contribution >= 0.6 is 11.3 Å². The average Bonchev–Trinajstić information content (AvgIpc) is 3.42. The summed E-state index contributed by atoms with van der Waals surface area (Å²) >= 11 is 1.55. The zero-order chi connectivity index (χ0) is 23.9. The van der Waals surface area contributed by atoms with Crippen molar-refractivity contribution in [3.05, 3.63) is 120 Å². The van der Waals surface area contributed by atoms with Gasteiger partial charge in [-0.2, -0.15) is 5.10 Å². The smallest absolute Gasteiger partial charge is 0.203 e. The first kappa shape index (κ1) is 20.8. The molecule has 0 unspecified atom stereocenters. The Morgan fingerprint density at radius 2 is 1.28 bits per heavy atom. The Kier molecular flexibility index (Phi) is 4.97. The molecule has 36 heavy (non-hydrogen) atoms. The minimum absolute atomic E-state index is 0.770. The molecule has 0 aliphatic rings. The highest BCUT2D eigenvalue weighted by Crippen LogP contribution is 2.35. The molecular formula is C32H21N3S. The van der Waals surface area contributed by atoms with Crippen LogP contribution in [0.5, 0.6) is 0 Å². The van der Waals surface area contributed by atoms with E-state index in [1.54, 1.807) is 11.3 Å². The van der Waals surface area contributed by atoms with E-state index < -0.39 is 0 Å². The third kappa shape index (κ3) is 3.60. The summed E-state index contributed by atoms with van der Waals surface area (Å²) in [5.74, 6) is 0. The summed E-state index contributed by atoms with van der Waals surface area (Å²) in [7, 11) is 0. The minimum atomic E-state index is 0.770. The van der Waals surface area contributed by atoms with Crippen molar-refractivity contribution < 1.29 is 0 Å². The molecule has 0 bridgehead atoms. The van der Waals surface area contributed by atoms with Crippen LogP contribution in [-0.2, 0) is 0 Å². The van der Waals surface area contributed by atoms with E-state index in [4.69, 9.17) is 4.98 Å². The van der Waals surface area contributed by atoms with E-state index in [1.165, 1.54) is 43.4 Å². The van der Waals surface area contributed by atoms with Crippen LogP contribution in [0, 0.1) is 0 Å². The normalized spacial score (nSPS) is 11.8. The summed E-state index contributed by atoms with van der Waals surface area (Å²) in [5, 5.41) is 15.0. The Labute approximate surface area is 212 Å². The lowest BCUT2D eigenvalue weighted by molar-refractivity contribution is 1.29. The van der Waals surface area contributed by atoms with Crippen molar-refractivity contribution in [2.45, 2.75) is 0 Å². The van der Waals surface area contributed by atoms with Crippen LogP contribution in [-0.4, -0.2) is 11.2 Å². The fourth-order valence-corrected chi connectivity index (χ4v) is 5.62. The van der Waals surface area contributed by atoms with Crippen LogP contribution in [0.15, 0.2) is 120 Å². The van der Waals surface area contributed by atoms with Gasteiger partial charge in [-0.3, -0.25) is 5.43 Å². The Morgan fingerprint density at radius 3 is 2.08 bits per heavy atom. The number of anilines is 1. The van der Waals surface area contributed by atoms with Crippen molar-refractivity contribution >= 4 is 55.0 Å². The number of nitrogens with one attached hydrogen (secondary N) is 1. The quantitative estimate of drug-likeness (QED) is 0.152. The SMILES string of the molecule is C(=N\Nc1nc(-c2ccc(-c3ccccc3)cc2)cs1)/c1ccc2ccc3cccc4ccc1c2c34. The van der Waals surface area contributed by atoms with Crippen molar-refractivity contribution in [2.24, 2.45) is 5.10 Å². The van der Waals surface area contributed by atoms with Gasteiger partial charge in [0.15, 0.2) is 0 Å². The zero-order valence-corrected chi connectivity index (χ0v) is 20.2. The Balaban J connectivity index is 1.14. The van der Waals surface area contributed by atoms with E-state index in [0.717, 1.165) is 22.0 Å². The summed E-state index contributed by atoms with van der Waals surface area (Å²) in [6, 6.07) is 38.5. The predicted octanol–water partition coefficient (Wildman–Crippen LogP) is 8.82. The molecule has 7 rings (SSSR count). The number of rotatable bonds is 5. The van der Waals surface area contributed by atoms with E-state index >= 15 is 0 Å². The molecule has 7 aromatic rings. The fraction of sp³-hybridized carbons (Fsp3) is 0. The highest BCUT2D eigenvalue weighted by molar-refractivity contribution is 7.14. The Morgan fingerprint density at radius 1 is 0.611 bits per heavy atom. The zero-order valence-electron chi connectivity index (χ0n) is 19.3. The molecule has 0 saturated heterocycles. The number of hydrogen-bond acceptors (Lipinski definition) is 4. The Hall–Kier alpha value is -4.54. The molecule has 0 saturated carbocycles. The molecule has 1 aromatic heterocycles. The molecule has 1 heterocycles. The first-order chi connectivity index (χ1) is 17.8. The molecule has 0 aliphatic carbocycles. The lowest BCUT2D eigenvalue weighted by Crippen LogP contribution is -1.92. The van der Waals surface area contributed by atoms with Gasteiger partial charge in [0.1, 0.15) is 0 Å². The van der Waals surface area contributed by atoms with Gasteiger partial charge in [-0.05, 0) is 43.4 Å². The molecule has 0 atom stereocenters. The number of nitrogens with zero attached hydrogens (tertiary/aromatic N) is 2. The fourth-order valence-electron chi connectivity index (χ4n) is 4.95. The summed E-state index contributed by atoms with van der Waals surface area (Å²) in [6.07, 6.45) is 1.89. The highest BCUT2D eigenvalue weighted by atomic mass is 32.1. The number of benzene rings is 6. The molecule has 6 aromatic carbocycles. The third-order valence-corrected chi connectivity index (χ3v) is 7.47. The molecule has 0 aliphatic heterocycles. The van der Waals surface area contributed by atoms with Crippen LogP contribution in [0.3, 0.4) is 0 Å². The van der Waals surface area contributed by atoms with Gasteiger partial charge < -0.3 is 0 Å². The first-order valence-electron chi connectivity index (χ1n) is 11.9. The van der Waals surface area contributed by atoms with Crippen LogP contribution in [0.1, 0.15) is 5.56 Å². The van der Waals surface area contributed by atoms with E-state index in [0.29, 0.717) is 0 Å². The standard InChI is InChI=1S/C32H21N3S/c1-2-5-21(6-3-1)22-9-11-23(12-10-22)29-20-36-32(34-29)35-33-19-27-16-15-26-14-13-24-7-4-8-25-17-18-28(27)31(26)30(24)25/h1-20H,(H,34,35)/b33-19+. The van der Waals surface area contributed by atoms with Crippen molar-refractivity contribution in [3.8, 4) is 22.4 Å². The van der Waals surface area contributed by atoms with Gasteiger partial charge in [-0.1, -0.05) is 109 Å². The summed E-state index contributed by atoms with van der Waals surface area (Å²) in [5.41, 5.74) is 8.66. The van der Waals surface area contributed by atoms with Gasteiger partial charge in [-0.25, -0.2) is 4.98 Å². The van der Waals surface area contributed by atoms with Crippen LogP contribution in [0.2, 0.25) is 0 Å². The van der Waals surface area contributed by atoms with Crippen LogP contribution in [0.25, 0.3) is 54.7 Å². The molecule has 3 nitrogen and oxygen atoms in total. The summed E-state index contributed by atoms with van der Waals surface area (Å²) in [6.45, 7) is 0. The topological polar surface area (TPSA) is 37.3 Å². The van der Waals surface area contributed by atoms with Gasteiger partial charge in [0.05, 0.1) is 11.9 Å². The molecule has 0 fully saturated rings. The number of hydrazone groups is 1. The van der Waals surface area contributed by atoms with Gasteiger partial charge in [0.2, 0.25) is 5.13 Å². The molecule has 1 N–H and O–H groups in total. The largest absolute Gasteiger partial charge is 0.253 e. The monoisotopic (exact) mass is 479 g/mol. The van der Waals surface area contributed by atoms with Gasteiger partial charge in [0, 0.05) is 16.5 Å². The molecule has 0 radical (unpaired) electrons. The van der Waals surface area contributed by atoms with E-state index in [2.05, 4.69) is 119 Å². The number of aromatic nitrogens is 1. The maximum Gasteiger partial charge on any atom is 0.203 e. The van der Waals surface area contributed by atoms with Crippen molar-refractivity contribution in [2.75, 3.05) is 5.43 Å². The van der Waals surface area contributed by atoms with Gasteiger partial charge in [-0.15, -0.1) is 11.3 Å². The van der Waals surface area contributed by atoms with Crippen molar-refractivity contribution in [1.82, 2.24) is 4.98 Å².